The average Bonchev–Trinajstić information content (AvgIpc) is 3.39. The molecule has 2 aromatic heterocycles. The molecule has 222 valence electrons. The van der Waals surface area contributed by atoms with Gasteiger partial charge in [0.25, 0.3) is 5.56 Å². The van der Waals surface area contributed by atoms with E-state index in [2.05, 4.69) is 41.6 Å². The van der Waals surface area contributed by atoms with Crippen LogP contribution in [0.5, 0.6) is 0 Å². The van der Waals surface area contributed by atoms with Gasteiger partial charge in [-0.25, -0.2) is 10.4 Å². The van der Waals surface area contributed by atoms with E-state index in [9.17, 15) is 18.8 Å². The van der Waals surface area contributed by atoms with E-state index in [0.717, 1.165) is 22.4 Å². The van der Waals surface area contributed by atoms with Crippen LogP contribution in [0.25, 0.3) is 11.0 Å². The first kappa shape index (κ1) is 28.6. The number of likely N-dealkylation sites (tertiary alicyclic amines) is 1. The molecule has 1 aromatic carbocycles. The summed E-state index contributed by atoms with van der Waals surface area (Å²) in [6, 6.07) is 6.60. The Hall–Kier alpha value is -3.50. The van der Waals surface area contributed by atoms with Gasteiger partial charge in [-0.2, -0.15) is 4.39 Å². The summed E-state index contributed by atoms with van der Waals surface area (Å²) in [6.45, 7) is 9.05. The predicted octanol–water partition coefficient (Wildman–Crippen LogP) is 4.49. The topological polar surface area (TPSA) is 110 Å². The average molecular weight is 595 g/mol. The molecule has 3 aliphatic rings. The van der Waals surface area contributed by atoms with Crippen LogP contribution in [0.1, 0.15) is 68.2 Å². The molecule has 0 unspecified atom stereocenters. The number of piperidine rings is 1. The van der Waals surface area contributed by atoms with Gasteiger partial charge in [-0.1, -0.05) is 32.4 Å². The Morgan fingerprint density at radius 3 is 2.64 bits per heavy atom. The number of carbonyl (C=O) groups is 2. The van der Waals surface area contributed by atoms with Gasteiger partial charge in [-0.15, -0.1) is 0 Å². The van der Waals surface area contributed by atoms with Crippen LogP contribution in [0.15, 0.2) is 29.1 Å². The highest BCUT2D eigenvalue weighted by Crippen LogP contribution is 2.39. The van der Waals surface area contributed by atoms with Crippen molar-refractivity contribution in [2.75, 3.05) is 25.1 Å². The normalized spacial score (nSPS) is 19.5. The molecule has 9 nitrogen and oxygen atoms in total. The van der Waals surface area contributed by atoms with Crippen LogP contribution in [0.3, 0.4) is 0 Å². The van der Waals surface area contributed by atoms with Gasteiger partial charge in [-0.05, 0) is 71.6 Å². The summed E-state index contributed by atoms with van der Waals surface area (Å²) in [5.41, 5.74) is 10.9. The van der Waals surface area contributed by atoms with Crippen molar-refractivity contribution in [1.82, 2.24) is 25.2 Å². The number of aromatic amines is 1. The fraction of sp³-hybridized carbons (Fsp3) is 0.484. The summed E-state index contributed by atoms with van der Waals surface area (Å²) in [6.07, 6.45) is 1.86. The number of amides is 2. The molecule has 11 heteroatoms. The van der Waals surface area contributed by atoms with Crippen molar-refractivity contribution in [1.29, 1.82) is 0 Å². The summed E-state index contributed by atoms with van der Waals surface area (Å²) in [7, 11) is 0. The van der Waals surface area contributed by atoms with Crippen molar-refractivity contribution < 1.29 is 14.0 Å². The van der Waals surface area contributed by atoms with Crippen molar-refractivity contribution in [3.8, 4) is 0 Å². The number of carbonyl (C=O) groups excluding carboxylic acids is 2. The first-order valence-corrected chi connectivity index (χ1v) is 14.9. The highest BCUT2D eigenvalue weighted by Gasteiger charge is 2.37. The lowest BCUT2D eigenvalue weighted by Crippen LogP contribution is -2.43. The summed E-state index contributed by atoms with van der Waals surface area (Å²) < 4.78 is 13.5. The zero-order valence-corrected chi connectivity index (χ0v) is 24.9. The number of hydrogen-bond acceptors (Lipinski definition) is 6. The molecule has 1 saturated heterocycles. The second-order valence-electron chi connectivity index (χ2n) is 13.0. The highest BCUT2D eigenvalue weighted by atomic mass is 35.5. The van der Waals surface area contributed by atoms with Crippen LogP contribution in [0.4, 0.5) is 10.1 Å². The number of rotatable bonds is 4. The summed E-state index contributed by atoms with van der Waals surface area (Å²) >= 11 is 6.61. The lowest BCUT2D eigenvalue weighted by Gasteiger charge is -2.34. The van der Waals surface area contributed by atoms with Crippen LogP contribution in [-0.4, -0.2) is 51.2 Å². The van der Waals surface area contributed by atoms with E-state index >= 15 is 0 Å². The fourth-order valence-corrected chi connectivity index (χ4v) is 6.93. The maximum absolute atomic E-state index is 13.9. The summed E-state index contributed by atoms with van der Waals surface area (Å²) in [5, 5.41) is 1.29. The lowest BCUT2D eigenvalue weighted by molar-refractivity contribution is -0.142. The predicted molar refractivity (Wildman–Crippen MR) is 159 cm³/mol. The van der Waals surface area contributed by atoms with Gasteiger partial charge >= 0.3 is 0 Å². The highest BCUT2D eigenvalue weighted by molar-refractivity contribution is 6.33. The quantitative estimate of drug-likeness (QED) is 0.384. The molecule has 0 aliphatic carbocycles. The standard InChI is InChI=1S/C31H36ClFN6O3/c1-31(2,3)16-39-15-23-19(12-24(32)27-22(23)14-34-37-27)10-20(30(39)42)13-26(40)38-8-6-17(7-9-38)21-11-18-4-5-25(33)35-28(18)36-29(21)41/h4-5,11-12,17,20,34,37H,6-10,13-16H2,1-3H3,(H,35,36,41)/t20-/m0/s1. The van der Waals surface area contributed by atoms with Gasteiger partial charge in [0.1, 0.15) is 5.65 Å². The monoisotopic (exact) mass is 594 g/mol. The molecule has 42 heavy (non-hydrogen) atoms. The minimum atomic E-state index is -0.643. The van der Waals surface area contributed by atoms with Crippen molar-refractivity contribution in [2.45, 2.75) is 65.5 Å². The first-order chi connectivity index (χ1) is 20.0. The number of aromatic nitrogens is 2. The Morgan fingerprint density at radius 1 is 1.14 bits per heavy atom. The number of pyridine rings is 2. The SMILES string of the molecule is CC(C)(C)CN1Cc2c(cc(Cl)c3c2CNN3)C[C@@H](CC(=O)N2CCC(c3cc4ccc(F)nc4[nH]c3=O)CC2)C1=O. The number of hydrogen-bond donors (Lipinski definition) is 3. The molecule has 0 saturated carbocycles. The number of nitrogens with one attached hydrogen (secondary N) is 3. The number of benzene rings is 1. The molecule has 0 radical (unpaired) electrons. The number of fused-ring (bicyclic) bond motifs is 4. The molecule has 5 heterocycles. The van der Waals surface area contributed by atoms with E-state index in [1.165, 1.54) is 6.07 Å². The molecular weight excluding hydrogens is 559 g/mol. The third kappa shape index (κ3) is 5.62. The smallest absolute Gasteiger partial charge is 0.253 e. The maximum atomic E-state index is 13.9. The molecule has 3 N–H and O–H groups in total. The van der Waals surface area contributed by atoms with Crippen molar-refractivity contribution in [3.63, 3.8) is 0 Å². The van der Waals surface area contributed by atoms with Gasteiger partial charge in [0.05, 0.1) is 16.6 Å². The Kier molecular flexibility index (Phi) is 7.47. The molecule has 3 aromatic rings. The largest absolute Gasteiger partial charge is 0.343 e. The van der Waals surface area contributed by atoms with Crippen LogP contribution in [0, 0.1) is 17.3 Å². The third-order valence-electron chi connectivity index (χ3n) is 8.62. The van der Waals surface area contributed by atoms with Crippen LogP contribution in [0.2, 0.25) is 5.02 Å². The van der Waals surface area contributed by atoms with E-state index in [0.29, 0.717) is 68.0 Å². The Balaban J connectivity index is 1.18. The Morgan fingerprint density at radius 2 is 1.90 bits per heavy atom. The molecule has 1 fully saturated rings. The maximum Gasteiger partial charge on any atom is 0.253 e. The van der Waals surface area contributed by atoms with E-state index in [-0.39, 0.29) is 40.8 Å². The zero-order valence-electron chi connectivity index (χ0n) is 24.2. The lowest BCUT2D eigenvalue weighted by atomic mass is 9.88. The molecule has 2 amide bonds. The molecule has 3 aliphatic heterocycles. The summed E-state index contributed by atoms with van der Waals surface area (Å²) in [5.74, 6) is -1.19. The van der Waals surface area contributed by atoms with Gasteiger partial charge in [0, 0.05) is 50.1 Å². The third-order valence-corrected chi connectivity index (χ3v) is 8.92. The Labute approximate surface area is 248 Å². The summed E-state index contributed by atoms with van der Waals surface area (Å²) in [4.78, 5) is 50.5. The minimum absolute atomic E-state index is 0.000826. The number of halogens is 2. The first-order valence-electron chi connectivity index (χ1n) is 14.5. The minimum Gasteiger partial charge on any atom is -0.343 e. The van der Waals surface area contributed by atoms with Gasteiger partial charge in [-0.3, -0.25) is 14.4 Å². The van der Waals surface area contributed by atoms with E-state index < -0.39 is 11.9 Å². The van der Waals surface area contributed by atoms with E-state index in [1.807, 2.05) is 15.9 Å². The van der Waals surface area contributed by atoms with E-state index in [4.69, 9.17) is 11.6 Å². The molecular formula is C31H36ClFN6O3. The number of anilines is 1. The molecule has 1 atom stereocenters. The molecule has 0 bridgehead atoms. The number of hydrazine groups is 1. The number of H-pyrrole nitrogens is 1. The Bertz CT molecular complexity index is 1630. The molecule has 6 rings (SSSR count). The van der Waals surface area contributed by atoms with Crippen LogP contribution in [-0.2, 0) is 29.1 Å². The second-order valence-corrected chi connectivity index (χ2v) is 13.4. The van der Waals surface area contributed by atoms with Crippen LogP contribution >= 0.6 is 11.6 Å². The van der Waals surface area contributed by atoms with Gasteiger partial charge < -0.3 is 20.2 Å². The fourth-order valence-electron chi connectivity index (χ4n) is 6.64. The van der Waals surface area contributed by atoms with Gasteiger partial charge in [0.15, 0.2) is 0 Å². The van der Waals surface area contributed by atoms with E-state index in [1.54, 1.807) is 12.1 Å². The van der Waals surface area contributed by atoms with Gasteiger partial charge in [0.2, 0.25) is 17.8 Å². The number of nitrogens with zero attached hydrogens (tertiary/aromatic N) is 3. The van der Waals surface area contributed by atoms with Crippen molar-refractivity contribution in [2.24, 2.45) is 11.3 Å². The van der Waals surface area contributed by atoms with Crippen molar-refractivity contribution >= 4 is 40.1 Å². The second kappa shape index (κ2) is 11.0. The van der Waals surface area contributed by atoms with Crippen molar-refractivity contribution in [3.05, 3.63) is 67.8 Å². The molecule has 0 spiro atoms. The zero-order chi connectivity index (χ0) is 29.8. The van der Waals surface area contributed by atoms with Crippen LogP contribution < -0.4 is 16.4 Å².